The predicted molar refractivity (Wildman–Crippen MR) is 102 cm³/mol. The molecule has 5 nitrogen and oxygen atoms in total. The van der Waals surface area contributed by atoms with Crippen molar-refractivity contribution >= 4 is 5.97 Å². The van der Waals surface area contributed by atoms with Gasteiger partial charge >= 0.3 is 5.97 Å². The number of halogens is 2. The van der Waals surface area contributed by atoms with E-state index < -0.39 is 17.6 Å². The predicted octanol–water partition coefficient (Wildman–Crippen LogP) is 4.55. The summed E-state index contributed by atoms with van der Waals surface area (Å²) in [4.78, 5) is 15.0. The van der Waals surface area contributed by atoms with Crippen molar-refractivity contribution in [2.45, 2.75) is 44.1 Å². The summed E-state index contributed by atoms with van der Waals surface area (Å²) in [7, 11) is 0. The van der Waals surface area contributed by atoms with E-state index in [2.05, 4.69) is 4.98 Å². The van der Waals surface area contributed by atoms with Crippen LogP contribution in [0.4, 0.5) is 8.78 Å². The SMILES string of the molecule is O=C(O)CCC1CC1c1c(F)cc(-c2cccnc2OC2CCOCC2)cc1F. The third-order valence-corrected chi connectivity index (χ3v) is 5.63. The molecule has 4 rings (SSSR count). The minimum absolute atomic E-state index is 0.0189. The Morgan fingerprint density at radius 2 is 1.97 bits per heavy atom. The van der Waals surface area contributed by atoms with Crippen molar-refractivity contribution in [3.05, 3.63) is 47.7 Å². The van der Waals surface area contributed by atoms with Crippen LogP contribution in [0.2, 0.25) is 0 Å². The maximum absolute atomic E-state index is 14.8. The van der Waals surface area contributed by atoms with Crippen LogP contribution < -0.4 is 4.74 Å². The lowest BCUT2D eigenvalue weighted by molar-refractivity contribution is -0.137. The summed E-state index contributed by atoms with van der Waals surface area (Å²) >= 11 is 0. The van der Waals surface area contributed by atoms with Gasteiger partial charge in [0.05, 0.1) is 13.2 Å². The molecule has 0 radical (unpaired) electrons. The van der Waals surface area contributed by atoms with Gasteiger partial charge in [-0.05, 0) is 54.5 Å². The Morgan fingerprint density at radius 1 is 1.24 bits per heavy atom. The van der Waals surface area contributed by atoms with Gasteiger partial charge in [0.15, 0.2) is 0 Å². The van der Waals surface area contributed by atoms with Gasteiger partial charge in [-0.2, -0.15) is 0 Å². The zero-order valence-electron chi connectivity index (χ0n) is 15.9. The van der Waals surface area contributed by atoms with E-state index in [0.717, 1.165) is 12.8 Å². The first-order valence-electron chi connectivity index (χ1n) is 9.93. The van der Waals surface area contributed by atoms with E-state index in [-0.39, 0.29) is 29.9 Å². The molecule has 0 bridgehead atoms. The molecule has 2 heterocycles. The molecule has 154 valence electrons. The fourth-order valence-corrected chi connectivity index (χ4v) is 3.98. The average Bonchev–Trinajstić information content (AvgIpc) is 3.46. The van der Waals surface area contributed by atoms with Gasteiger partial charge < -0.3 is 14.6 Å². The Kier molecular flexibility index (Phi) is 5.76. The van der Waals surface area contributed by atoms with Crippen molar-refractivity contribution in [1.82, 2.24) is 4.98 Å². The summed E-state index contributed by atoms with van der Waals surface area (Å²) < 4.78 is 41.0. The molecule has 29 heavy (non-hydrogen) atoms. The number of rotatable bonds is 7. The normalized spacial score (nSPS) is 21.7. The van der Waals surface area contributed by atoms with Crippen LogP contribution >= 0.6 is 0 Å². The smallest absolute Gasteiger partial charge is 0.303 e. The second-order valence-electron chi connectivity index (χ2n) is 7.67. The van der Waals surface area contributed by atoms with Crippen molar-refractivity contribution in [2.75, 3.05) is 13.2 Å². The van der Waals surface area contributed by atoms with Gasteiger partial charge in [-0.3, -0.25) is 4.79 Å². The first-order valence-corrected chi connectivity index (χ1v) is 9.93. The Morgan fingerprint density at radius 3 is 2.66 bits per heavy atom. The summed E-state index contributed by atoms with van der Waals surface area (Å²) in [5.41, 5.74) is 0.975. The van der Waals surface area contributed by atoms with Crippen molar-refractivity contribution in [3.8, 4) is 17.0 Å². The van der Waals surface area contributed by atoms with Gasteiger partial charge in [0, 0.05) is 36.6 Å². The largest absolute Gasteiger partial charge is 0.481 e. The van der Waals surface area contributed by atoms with Gasteiger partial charge in [0.2, 0.25) is 5.88 Å². The lowest BCUT2D eigenvalue weighted by atomic mass is 10.00. The summed E-state index contributed by atoms with van der Waals surface area (Å²) in [6.07, 6.45) is 4.13. The van der Waals surface area contributed by atoms with Crippen LogP contribution in [0.25, 0.3) is 11.1 Å². The lowest BCUT2D eigenvalue weighted by Crippen LogP contribution is -2.26. The standard InChI is InChI=1S/C22H23F2NO4/c23-18-11-14(12-19(24)21(18)17-10-13(17)3-4-20(26)27)16-2-1-7-25-22(16)29-15-5-8-28-9-6-15/h1-2,7,11-13,15,17H,3-6,8-10H2,(H,26,27). The quantitative estimate of drug-likeness (QED) is 0.734. The Hall–Kier alpha value is -2.54. The number of carbonyl (C=O) groups is 1. The topological polar surface area (TPSA) is 68.7 Å². The summed E-state index contributed by atoms with van der Waals surface area (Å²) in [5, 5.41) is 8.79. The summed E-state index contributed by atoms with van der Waals surface area (Å²) in [5.74, 6) is -1.98. The third-order valence-electron chi connectivity index (χ3n) is 5.63. The minimum atomic E-state index is -0.888. The molecule has 2 aliphatic rings. The zero-order valence-corrected chi connectivity index (χ0v) is 15.9. The monoisotopic (exact) mass is 403 g/mol. The van der Waals surface area contributed by atoms with E-state index in [1.54, 1.807) is 18.3 Å². The van der Waals surface area contributed by atoms with Crippen molar-refractivity contribution in [1.29, 1.82) is 0 Å². The van der Waals surface area contributed by atoms with Crippen LogP contribution in [0.5, 0.6) is 5.88 Å². The second kappa shape index (κ2) is 8.45. The number of ether oxygens (including phenoxy) is 2. The van der Waals surface area contributed by atoms with Crippen LogP contribution in [0.15, 0.2) is 30.5 Å². The Balaban J connectivity index is 1.55. The van der Waals surface area contributed by atoms with E-state index in [0.29, 0.717) is 43.1 Å². The molecule has 1 saturated carbocycles. The highest BCUT2D eigenvalue weighted by Crippen LogP contribution is 2.52. The van der Waals surface area contributed by atoms with Gasteiger partial charge in [-0.25, -0.2) is 13.8 Å². The molecule has 2 fully saturated rings. The van der Waals surface area contributed by atoms with Crippen molar-refractivity contribution in [2.24, 2.45) is 5.92 Å². The molecule has 1 aliphatic carbocycles. The highest BCUT2D eigenvalue weighted by Gasteiger charge is 2.41. The third kappa shape index (κ3) is 4.56. The van der Waals surface area contributed by atoms with Gasteiger partial charge in [0.1, 0.15) is 17.7 Å². The number of carboxylic acid groups (broad SMARTS) is 1. The van der Waals surface area contributed by atoms with E-state index >= 15 is 0 Å². The van der Waals surface area contributed by atoms with Crippen LogP contribution in [-0.2, 0) is 9.53 Å². The molecular formula is C22H23F2NO4. The maximum Gasteiger partial charge on any atom is 0.303 e. The lowest BCUT2D eigenvalue weighted by Gasteiger charge is -2.23. The number of nitrogens with zero attached hydrogens (tertiary/aromatic N) is 1. The van der Waals surface area contributed by atoms with Gasteiger partial charge in [-0.1, -0.05) is 0 Å². The average molecular weight is 403 g/mol. The van der Waals surface area contributed by atoms with Crippen molar-refractivity contribution in [3.63, 3.8) is 0 Å². The number of aromatic nitrogens is 1. The number of pyridine rings is 1. The highest BCUT2D eigenvalue weighted by atomic mass is 19.1. The van der Waals surface area contributed by atoms with E-state index in [1.807, 2.05) is 0 Å². The Labute approximate surface area is 167 Å². The van der Waals surface area contributed by atoms with Gasteiger partial charge in [0.25, 0.3) is 0 Å². The number of aliphatic carboxylic acids is 1. The summed E-state index contributed by atoms with van der Waals surface area (Å²) in [6.45, 7) is 1.24. The molecule has 0 amide bonds. The fraction of sp³-hybridized carbons (Fsp3) is 0.455. The first-order chi connectivity index (χ1) is 14.0. The van der Waals surface area contributed by atoms with Crippen LogP contribution in [0.3, 0.4) is 0 Å². The molecule has 1 aliphatic heterocycles. The summed E-state index contributed by atoms with van der Waals surface area (Å²) in [6, 6.07) is 6.08. The molecule has 0 spiro atoms. The second-order valence-corrected chi connectivity index (χ2v) is 7.67. The van der Waals surface area contributed by atoms with Crippen LogP contribution in [0.1, 0.15) is 43.6 Å². The van der Waals surface area contributed by atoms with Crippen LogP contribution in [0, 0.1) is 17.6 Å². The molecule has 1 saturated heterocycles. The molecule has 1 aromatic carbocycles. The minimum Gasteiger partial charge on any atom is -0.481 e. The molecule has 1 aromatic heterocycles. The zero-order chi connectivity index (χ0) is 20.4. The highest BCUT2D eigenvalue weighted by molar-refractivity contribution is 5.69. The van der Waals surface area contributed by atoms with E-state index in [9.17, 15) is 13.6 Å². The number of hydrogen-bond acceptors (Lipinski definition) is 4. The number of hydrogen-bond donors (Lipinski definition) is 1. The molecule has 2 aromatic rings. The molecule has 1 N–H and O–H groups in total. The molecule has 2 atom stereocenters. The Bertz CT molecular complexity index is 875. The first kappa shape index (κ1) is 19.8. The number of benzene rings is 1. The maximum atomic E-state index is 14.8. The molecular weight excluding hydrogens is 380 g/mol. The number of carboxylic acids is 1. The van der Waals surface area contributed by atoms with E-state index in [4.69, 9.17) is 14.6 Å². The van der Waals surface area contributed by atoms with Crippen molar-refractivity contribution < 1.29 is 28.2 Å². The van der Waals surface area contributed by atoms with Crippen LogP contribution in [-0.4, -0.2) is 35.4 Å². The molecule has 7 heteroatoms. The fourth-order valence-electron chi connectivity index (χ4n) is 3.98. The molecule has 2 unspecified atom stereocenters. The van der Waals surface area contributed by atoms with E-state index in [1.165, 1.54) is 12.1 Å². The van der Waals surface area contributed by atoms with Gasteiger partial charge in [-0.15, -0.1) is 0 Å².